The summed E-state index contributed by atoms with van der Waals surface area (Å²) >= 11 is 0. The summed E-state index contributed by atoms with van der Waals surface area (Å²) in [4.78, 5) is 16.7. The van der Waals surface area contributed by atoms with Crippen molar-refractivity contribution in [3.05, 3.63) is 23.6 Å². The first-order chi connectivity index (χ1) is 11.3. The number of rotatable bonds is 3. The van der Waals surface area contributed by atoms with Crippen LogP contribution in [-0.4, -0.2) is 53.4 Å². The van der Waals surface area contributed by atoms with E-state index >= 15 is 0 Å². The Bertz CT molecular complexity index is 656. The molecule has 2 aliphatic heterocycles. The fraction of sp³-hybridized carbons (Fsp3) is 0.571. The van der Waals surface area contributed by atoms with Crippen LogP contribution in [0.5, 0.6) is 0 Å². The SMILES string of the molecule is O=C([C@@H]1C[C@H](Nc2ncc(F)c(F)c2F)CN1)N1CCC(F)(F)C1. The van der Waals surface area contributed by atoms with Crippen molar-refractivity contribution < 1.29 is 26.7 Å². The Hall–Kier alpha value is -1.97. The lowest BCUT2D eigenvalue weighted by Crippen LogP contribution is -2.43. The fourth-order valence-corrected chi connectivity index (χ4v) is 2.92. The summed E-state index contributed by atoms with van der Waals surface area (Å²) in [6, 6.07) is -1.15. The third-order valence-corrected chi connectivity index (χ3v) is 4.17. The van der Waals surface area contributed by atoms with Crippen molar-refractivity contribution >= 4 is 11.7 Å². The number of pyridine rings is 1. The maximum absolute atomic E-state index is 13.6. The molecule has 2 aliphatic rings. The molecule has 2 fully saturated rings. The molecular weight excluding hydrogens is 335 g/mol. The number of alkyl halides is 2. The lowest BCUT2D eigenvalue weighted by atomic mass is 10.1. The number of anilines is 1. The second-order valence-electron chi connectivity index (χ2n) is 5.99. The van der Waals surface area contributed by atoms with Crippen LogP contribution >= 0.6 is 0 Å². The Balaban J connectivity index is 1.60. The van der Waals surface area contributed by atoms with Gasteiger partial charge in [-0.1, -0.05) is 0 Å². The van der Waals surface area contributed by atoms with Gasteiger partial charge in [-0.25, -0.2) is 22.5 Å². The van der Waals surface area contributed by atoms with Gasteiger partial charge in [-0.2, -0.15) is 4.39 Å². The predicted molar refractivity (Wildman–Crippen MR) is 74.1 cm³/mol. The summed E-state index contributed by atoms with van der Waals surface area (Å²) in [5.74, 6) is -8.25. The number of nitrogens with zero attached hydrogens (tertiary/aromatic N) is 2. The molecule has 0 unspecified atom stereocenters. The number of carbonyl (C=O) groups is 1. The molecule has 5 nitrogen and oxygen atoms in total. The van der Waals surface area contributed by atoms with E-state index in [1.165, 1.54) is 0 Å². The maximum atomic E-state index is 13.6. The van der Waals surface area contributed by atoms with E-state index in [1.807, 2.05) is 0 Å². The number of aromatic nitrogens is 1. The maximum Gasteiger partial charge on any atom is 0.267 e. The summed E-state index contributed by atoms with van der Waals surface area (Å²) in [5.41, 5.74) is 0. The number of hydrogen-bond acceptors (Lipinski definition) is 4. The van der Waals surface area contributed by atoms with E-state index in [-0.39, 0.29) is 25.9 Å². The van der Waals surface area contributed by atoms with Crippen LogP contribution in [0.1, 0.15) is 12.8 Å². The number of nitrogens with one attached hydrogen (secondary N) is 2. The highest BCUT2D eigenvalue weighted by molar-refractivity contribution is 5.82. The van der Waals surface area contributed by atoms with E-state index in [1.54, 1.807) is 0 Å². The molecule has 0 radical (unpaired) electrons. The molecule has 24 heavy (non-hydrogen) atoms. The average Bonchev–Trinajstić information content (AvgIpc) is 3.13. The molecule has 2 N–H and O–H groups in total. The number of amides is 1. The normalized spacial score (nSPS) is 26.0. The van der Waals surface area contributed by atoms with Gasteiger partial charge in [0.1, 0.15) is 0 Å². The van der Waals surface area contributed by atoms with E-state index in [9.17, 15) is 26.7 Å². The van der Waals surface area contributed by atoms with Crippen molar-refractivity contribution in [1.82, 2.24) is 15.2 Å². The van der Waals surface area contributed by atoms with Gasteiger partial charge in [0.15, 0.2) is 17.5 Å². The quantitative estimate of drug-likeness (QED) is 0.812. The molecule has 1 aromatic rings. The first-order valence-electron chi connectivity index (χ1n) is 7.43. The highest BCUT2D eigenvalue weighted by Gasteiger charge is 2.43. The molecule has 0 spiro atoms. The van der Waals surface area contributed by atoms with Crippen molar-refractivity contribution in [3.63, 3.8) is 0 Å². The summed E-state index contributed by atoms with van der Waals surface area (Å²) in [5, 5.41) is 5.45. The summed E-state index contributed by atoms with van der Waals surface area (Å²) < 4.78 is 66.0. The average molecular weight is 350 g/mol. The summed E-state index contributed by atoms with van der Waals surface area (Å²) in [6.45, 7) is -0.385. The molecule has 1 aromatic heterocycles. The topological polar surface area (TPSA) is 57.3 Å². The molecule has 3 heterocycles. The molecule has 1 amide bonds. The highest BCUT2D eigenvalue weighted by atomic mass is 19.3. The molecular formula is C14H15F5N4O. The van der Waals surface area contributed by atoms with Gasteiger partial charge < -0.3 is 15.5 Å². The Morgan fingerprint density at radius 1 is 1.33 bits per heavy atom. The van der Waals surface area contributed by atoms with Gasteiger partial charge in [-0.3, -0.25) is 4.79 Å². The van der Waals surface area contributed by atoms with Crippen LogP contribution in [0, 0.1) is 17.5 Å². The van der Waals surface area contributed by atoms with Gasteiger partial charge in [-0.15, -0.1) is 0 Å². The predicted octanol–water partition coefficient (Wildman–Crippen LogP) is 1.51. The van der Waals surface area contributed by atoms with Crippen LogP contribution in [0.3, 0.4) is 0 Å². The van der Waals surface area contributed by atoms with Crippen LogP contribution in [-0.2, 0) is 4.79 Å². The lowest BCUT2D eigenvalue weighted by molar-refractivity contribution is -0.133. The minimum Gasteiger partial charge on any atom is -0.363 e. The largest absolute Gasteiger partial charge is 0.363 e. The molecule has 2 atom stereocenters. The van der Waals surface area contributed by atoms with Gasteiger partial charge in [0.2, 0.25) is 11.7 Å². The molecule has 0 aliphatic carbocycles. The number of likely N-dealkylation sites (tertiary alicyclic amines) is 1. The highest BCUT2D eigenvalue weighted by Crippen LogP contribution is 2.28. The summed E-state index contributed by atoms with van der Waals surface area (Å²) in [7, 11) is 0. The first-order valence-corrected chi connectivity index (χ1v) is 7.43. The minimum absolute atomic E-state index is 0.0124. The third-order valence-electron chi connectivity index (χ3n) is 4.17. The number of halogens is 5. The third kappa shape index (κ3) is 3.28. The minimum atomic E-state index is -2.87. The van der Waals surface area contributed by atoms with Crippen LogP contribution in [0.15, 0.2) is 6.20 Å². The van der Waals surface area contributed by atoms with E-state index in [2.05, 4.69) is 15.6 Å². The second-order valence-corrected chi connectivity index (χ2v) is 5.99. The molecule has 0 bridgehead atoms. The van der Waals surface area contributed by atoms with Crippen molar-refractivity contribution in [2.45, 2.75) is 30.8 Å². The summed E-state index contributed by atoms with van der Waals surface area (Å²) in [6.07, 6.45) is 0.385. The van der Waals surface area contributed by atoms with E-state index < -0.39 is 53.7 Å². The van der Waals surface area contributed by atoms with E-state index in [0.717, 1.165) is 4.90 Å². The number of hydrogen-bond donors (Lipinski definition) is 2. The van der Waals surface area contributed by atoms with Gasteiger partial charge in [-0.05, 0) is 6.42 Å². The van der Waals surface area contributed by atoms with Crippen LogP contribution < -0.4 is 10.6 Å². The number of carbonyl (C=O) groups excluding carboxylic acids is 1. The fourth-order valence-electron chi connectivity index (χ4n) is 2.92. The van der Waals surface area contributed by atoms with Crippen LogP contribution in [0.2, 0.25) is 0 Å². The zero-order valence-corrected chi connectivity index (χ0v) is 12.5. The first kappa shape index (κ1) is 16.9. The zero-order chi connectivity index (χ0) is 17.5. The van der Waals surface area contributed by atoms with Gasteiger partial charge in [0.05, 0.1) is 18.8 Å². The smallest absolute Gasteiger partial charge is 0.267 e. The zero-order valence-electron chi connectivity index (χ0n) is 12.5. The Morgan fingerprint density at radius 2 is 2.08 bits per heavy atom. The molecule has 132 valence electrons. The lowest BCUT2D eigenvalue weighted by Gasteiger charge is -2.20. The van der Waals surface area contributed by atoms with Gasteiger partial charge in [0, 0.05) is 25.6 Å². The molecule has 10 heteroatoms. The van der Waals surface area contributed by atoms with Crippen molar-refractivity contribution in [2.24, 2.45) is 0 Å². The Morgan fingerprint density at radius 3 is 2.75 bits per heavy atom. The Labute approximate surface area is 134 Å². The Kier molecular flexibility index (Phi) is 4.33. The standard InChI is InChI=1S/C14H15F5N4O/c15-8-5-21-12(11(17)10(8)16)22-7-3-9(20-4-7)13(24)23-2-1-14(18,19)6-23/h5,7,9,20H,1-4,6H2,(H,21,22)/t7-,9-/m0/s1. The van der Waals surface area contributed by atoms with Gasteiger partial charge in [0.25, 0.3) is 5.92 Å². The van der Waals surface area contributed by atoms with Gasteiger partial charge >= 0.3 is 0 Å². The molecule has 3 rings (SSSR count). The molecule has 2 saturated heterocycles. The van der Waals surface area contributed by atoms with E-state index in [0.29, 0.717) is 6.20 Å². The molecule has 0 saturated carbocycles. The van der Waals surface area contributed by atoms with E-state index in [4.69, 9.17) is 0 Å². The molecule has 0 aromatic carbocycles. The van der Waals surface area contributed by atoms with Crippen molar-refractivity contribution in [2.75, 3.05) is 25.0 Å². The monoisotopic (exact) mass is 350 g/mol. The van der Waals surface area contributed by atoms with Crippen molar-refractivity contribution in [3.8, 4) is 0 Å². The van der Waals surface area contributed by atoms with Crippen LogP contribution in [0.25, 0.3) is 0 Å². The van der Waals surface area contributed by atoms with Crippen LogP contribution in [0.4, 0.5) is 27.8 Å². The van der Waals surface area contributed by atoms with Crippen molar-refractivity contribution in [1.29, 1.82) is 0 Å². The second kappa shape index (κ2) is 6.15.